The second kappa shape index (κ2) is 4.97. The highest BCUT2D eigenvalue weighted by Crippen LogP contribution is 2.28. The highest BCUT2D eigenvalue weighted by Gasteiger charge is 2.14. The molecular formula is C15H10N2O3. The summed E-state index contributed by atoms with van der Waals surface area (Å²) in [4.78, 5) is 19.2. The third-order valence-corrected chi connectivity index (χ3v) is 2.82. The molecule has 0 amide bonds. The number of aromatic carboxylic acids is 1. The van der Waals surface area contributed by atoms with E-state index in [0.29, 0.717) is 0 Å². The Morgan fingerprint density at radius 2 is 1.65 bits per heavy atom. The van der Waals surface area contributed by atoms with Gasteiger partial charge < -0.3 is 9.84 Å². The summed E-state index contributed by atoms with van der Waals surface area (Å²) in [6, 6.07) is 12.5. The quantitative estimate of drug-likeness (QED) is 0.788. The number of hydrogen-bond donors (Lipinski definition) is 1. The van der Waals surface area contributed by atoms with E-state index in [0.717, 1.165) is 10.8 Å². The molecule has 1 N–H and O–H groups in total. The largest absolute Gasteiger partial charge is 0.478 e. The molecule has 0 saturated carbocycles. The van der Waals surface area contributed by atoms with Crippen LogP contribution in [0.4, 0.5) is 0 Å². The van der Waals surface area contributed by atoms with Gasteiger partial charge in [-0.05, 0) is 29.0 Å². The lowest BCUT2D eigenvalue weighted by molar-refractivity contribution is 0.0694. The Bertz CT molecular complexity index is 772. The average molecular weight is 266 g/mol. The van der Waals surface area contributed by atoms with Gasteiger partial charge in [0.25, 0.3) is 0 Å². The van der Waals surface area contributed by atoms with Crippen molar-refractivity contribution in [2.24, 2.45) is 0 Å². The van der Waals surface area contributed by atoms with Gasteiger partial charge in [0.1, 0.15) is 11.3 Å². The summed E-state index contributed by atoms with van der Waals surface area (Å²) < 4.78 is 5.48. The van der Waals surface area contributed by atoms with Crippen molar-refractivity contribution in [1.82, 2.24) is 9.97 Å². The predicted molar refractivity (Wildman–Crippen MR) is 73.0 cm³/mol. The highest BCUT2D eigenvalue weighted by atomic mass is 16.5. The van der Waals surface area contributed by atoms with Crippen LogP contribution in [0.25, 0.3) is 10.8 Å². The molecule has 20 heavy (non-hydrogen) atoms. The number of nitrogens with zero attached hydrogens (tertiary/aromatic N) is 2. The molecule has 0 aliphatic carbocycles. The third kappa shape index (κ3) is 2.29. The molecule has 0 spiro atoms. The van der Waals surface area contributed by atoms with Crippen LogP contribution in [-0.2, 0) is 0 Å². The first kappa shape index (κ1) is 12.1. The lowest BCUT2D eigenvalue weighted by Crippen LogP contribution is -2.01. The lowest BCUT2D eigenvalue weighted by Gasteiger charge is -2.08. The van der Waals surface area contributed by atoms with Crippen molar-refractivity contribution in [3.63, 3.8) is 0 Å². The molecule has 3 aromatic rings. The Kier molecular flexibility index (Phi) is 3.01. The van der Waals surface area contributed by atoms with Crippen LogP contribution in [0.5, 0.6) is 11.8 Å². The zero-order chi connectivity index (χ0) is 13.9. The molecule has 0 radical (unpaired) electrons. The summed E-state index contributed by atoms with van der Waals surface area (Å²) in [5.41, 5.74) is 0.0798. The highest BCUT2D eigenvalue weighted by molar-refractivity contribution is 5.97. The number of rotatable bonds is 3. The number of fused-ring (bicyclic) bond motifs is 1. The van der Waals surface area contributed by atoms with Crippen LogP contribution >= 0.6 is 0 Å². The molecule has 98 valence electrons. The fourth-order valence-corrected chi connectivity index (χ4v) is 1.91. The summed E-state index contributed by atoms with van der Waals surface area (Å²) in [5.74, 6) is -0.830. The molecule has 3 rings (SSSR count). The van der Waals surface area contributed by atoms with Gasteiger partial charge in [-0.3, -0.25) is 0 Å². The normalized spacial score (nSPS) is 10.4. The number of carboxylic acid groups (broad SMARTS) is 1. The Balaban J connectivity index is 2.12. The molecule has 0 atom stereocenters. The number of ether oxygens (including phenoxy) is 1. The summed E-state index contributed by atoms with van der Waals surface area (Å²) in [6.45, 7) is 0. The van der Waals surface area contributed by atoms with Crippen molar-refractivity contribution in [3.05, 3.63) is 60.4 Å². The minimum Gasteiger partial charge on any atom is -0.478 e. The lowest BCUT2D eigenvalue weighted by atomic mass is 10.1. The van der Waals surface area contributed by atoms with Crippen molar-refractivity contribution >= 4 is 16.7 Å². The molecule has 0 fully saturated rings. The molecule has 0 bridgehead atoms. The van der Waals surface area contributed by atoms with Crippen molar-refractivity contribution in [3.8, 4) is 11.8 Å². The molecular weight excluding hydrogens is 256 g/mol. The van der Waals surface area contributed by atoms with Crippen LogP contribution in [0.2, 0.25) is 0 Å². The smallest absolute Gasteiger partial charge is 0.339 e. The Hall–Kier alpha value is -2.95. The monoisotopic (exact) mass is 266 g/mol. The van der Waals surface area contributed by atoms with E-state index in [4.69, 9.17) is 4.74 Å². The van der Waals surface area contributed by atoms with E-state index in [1.807, 2.05) is 24.3 Å². The zero-order valence-corrected chi connectivity index (χ0v) is 10.4. The molecule has 0 aliphatic heterocycles. The minimum atomic E-state index is -1.05. The first-order chi connectivity index (χ1) is 9.74. The van der Waals surface area contributed by atoms with Crippen molar-refractivity contribution in [2.75, 3.05) is 0 Å². The van der Waals surface area contributed by atoms with Gasteiger partial charge in [-0.1, -0.05) is 24.3 Å². The van der Waals surface area contributed by atoms with E-state index in [1.54, 1.807) is 18.2 Å². The maximum Gasteiger partial charge on any atom is 0.339 e. The van der Waals surface area contributed by atoms with Crippen LogP contribution in [0, 0.1) is 0 Å². The number of carboxylic acids is 1. The maximum atomic E-state index is 11.3. The second-order valence-corrected chi connectivity index (χ2v) is 4.13. The Labute approximate surface area is 114 Å². The number of carbonyl (C=O) groups is 1. The van der Waals surface area contributed by atoms with E-state index in [9.17, 15) is 9.90 Å². The molecule has 5 heteroatoms. The minimum absolute atomic E-state index is 0.0798. The molecule has 0 aliphatic rings. The number of aromatic nitrogens is 2. The first-order valence-corrected chi connectivity index (χ1v) is 5.95. The summed E-state index contributed by atoms with van der Waals surface area (Å²) in [6.07, 6.45) is 3.06. The predicted octanol–water partition coefficient (Wildman–Crippen LogP) is 3.12. The fourth-order valence-electron chi connectivity index (χ4n) is 1.91. The summed E-state index contributed by atoms with van der Waals surface area (Å²) >= 11 is 0. The third-order valence-electron chi connectivity index (χ3n) is 2.82. The Morgan fingerprint density at radius 1 is 1.00 bits per heavy atom. The van der Waals surface area contributed by atoms with Crippen LogP contribution in [-0.4, -0.2) is 21.0 Å². The molecule has 0 saturated heterocycles. The fraction of sp³-hybridized carbons (Fsp3) is 0. The standard InChI is InChI=1S/C15H10N2O3/c18-14(19)12-8-10-4-1-2-5-11(10)9-13(12)20-15-16-6-3-7-17-15/h1-9H,(H,18,19). The molecule has 2 aromatic carbocycles. The molecule has 1 heterocycles. The first-order valence-electron chi connectivity index (χ1n) is 5.95. The maximum absolute atomic E-state index is 11.3. The molecule has 5 nitrogen and oxygen atoms in total. The van der Waals surface area contributed by atoms with Gasteiger partial charge in [0.05, 0.1) is 0 Å². The van der Waals surface area contributed by atoms with Crippen LogP contribution in [0.3, 0.4) is 0 Å². The van der Waals surface area contributed by atoms with Gasteiger partial charge in [0.2, 0.25) is 0 Å². The SMILES string of the molecule is O=C(O)c1cc2ccccc2cc1Oc1ncccn1. The van der Waals surface area contributed by atoms with Crippen LogP contribution < -0.4 is 4.74 Å². The van der Waals surface area contributed by atoms with E-state index in [2.05, 4.69) is 9.97 Å². The topological polar surface area (TPSA) is 72.3 Å². The molecule has 0 unspecified atom stereocenters. The van der Waals surface area contributed by atoms with Crippen molar-refractivity contribution < 1.29 is 14.6 Å². The van der Waals surface area contributed by atoms with Gasteiger partial charge >= 0.3 is 12.0 Å². The van der Waals surface area contributed by atoms with Gasteiger partial charge in [0.15, 0.2) is 0 Å². The number of benzene rings is 2. The van der Waals surface area contributed by atoms with Gasteiger partial charge in [0, 0.05) is 12.4 Å². The van der Waals surface area contributed by atoms with Gasteiger partial charge in [-0.15, -0.1) is 0 Å². The summed E-state index contributed by atoms with van der Waals surface area (Å²) in [7, 11) is 0. The Morgan fingerprint density at radius 3 is 2.30 bits per heavy atom. The van der Waals surface area contributed by atoms with E-state index in [1.165, 1.54) is 12.4 Å². The van der Waals surface area contributed by atoms with E-state index >= 15 is 0 Å². The van der Waals surface area contributed by atoms with Crippen LogP contribution in [0.1, 0.15) is 10.4 Å². The van der Waals surface area contributed by atoms with Gasteiger partial charge in [-0.25, -0.2) is 14.8 Å². The average Bonchev–Trinajstić information content (AvgIpc) is 2.47. The number of hydrogen-bond acceptors (Lipinski definition) is 4. The zero-order valence-electron chi connectivity index (χ0n) is 10.4. The van der Waals surface area contributed by atoms with Crippen molar-refractivity contribution in [1.29, 1.82) is 0 Å². The van der Waals surface area contributed by atoms with Crippen LogP contribution in [0.15, 0.2) is 54.9 Å². The second-order valence-electron chi connectivity index (χ2n) is 4.13. The molecule has 1 aromatic heterocycles. The van der Waals surface area contributed by atoms with E-state index in [-0.39, 0.29) is 17.3 Å². The summed E-state index contributed by atoms with van der Waals surface area (Å²) in [5, 5.41) is 11.0. The van der Waals surface area contributed by atoms with E-state index < -0.39 is 5.97 Å². The van der Waals surface area contributed by atoms with Crippen molar-refractivity contribution in [2.45, 2.75) is 0 Å². The van der Waals surface area contributed by atoms with Gasteiger partial charge in [-0.2, -0.15) is 0 Å².